The maximum absolute atomic E-state index is 10.3. The number of fused-ring (bicyclic) bond motifs is 1. The zero-order valence-corrected chi connectivity index (χ0v) is 11.5. The van der Waals surface area contributed by atoms with Gasteiger partial charge < -0.3 is 10.0 Å². The van der Waals surface area contributed by atoms with Crippen molar-refractivity contribution in [2.45, 2.75) is 25.4 Å². The highest BCUT2D eigenvalue weighted by Crippen LogP contribution is 2.41. The van der Waals surface area contributed by atoms with Crippen LogP contribution in [0.2, 0.25) is 10.0 Å². The van der Waals surface area contributed by atoms with Crippen LogP contribution in [-0.2, 0) is 6.42 Å². The smallest absolute Gasteiger partial charge is 0.102 e. The Bertz CT molecular complexity index is 507. The zero-order valence-electron chi connectivity index (χ0n) is 10.00. The molecule has 0 amide bonds. The van der Waals surface area contributed by atoms with Gasteiger partial charge in [-0.05, 0) is 48.1 Å². The van der Waals surface area contributed by atoms with Crippen LogP contribution in [-0.4, -0.2) is 23.1 Å². The molecule has 1 unspecified atom stereocenters. The molecule has 0 spiro atoms. The standard InChI is InChI=1S/C14H15Cl2NO/c15-10-6-12-11(13(16)7-10)5-9(14(12)18)8-17-3-1-2-4-17/h6-8,14,18H,1-5H2/b9-8-. The number of hydrogen-bond acceptors (Lipinski definition) is 2. The minimum atomic E-state index is -0.559. The molecule has 2 nitrogen and oxygen atoms in total. The number of halogens is 2. The second kappa shape index (κ2) is 4.76. The average Bonchev–Trinajstić information content (AvgIpc) is 2.91. The van der Waals surface area contributed by atoms with Gasteiger partial charge in [-0.1, -0.05) is 23.2 Å². The quantitative estimate of drug-likeness (QED) is 0.852. The molecule has 96 valence electrons. The molecule has 0 bridgehead atoms. The van der Waals surface area contributed by atoms with Gasteiger partial charge in [0.15, 0.2) is 0 Å². The minimum absolute atomic E-state index is 0.559. The SMILES string of the molecule is OC1/C(=C\N2CCCC2)Cc2c(Cl)cc(Cl)cc21. The molecule has 1 atom stereocenters. The van der Waals surface area contributed by atoms with Crippen LogP contribution in [0.4, 0.5) is 0 Å². The Kier molecular flexibility index (Phi) is 3.27. The van der Waals surface area contributed by atoms with Gasteiger partial charge in [0.1, 0.15) is 6.10 Å². The van der Waals surface area contributed by atoms with Crippen LogP contribution < -0.4 is 0 Å². The van der Waals surface area contributed by atoms with Gasteiger partial charge in [-0.2, -0.15) is 0 Å². The highest BCUT2D eigenvalue weighted by atomic mass is 35.5. The Morgan fingerprint density at radius 3 is 2.67 bits per heavy atom. The zero-order chi connectivity index (χ0) is 12.7. The van der Waals surface area contributed by atoms with E-state index in [0.717, 1.165) is 36.2 Å². The van der Waals surface area contributed by atoms with Crippen molar-refractivity contribution in [1.29, 1.82) is 0 Å². The molecule has 1 N–H and O–H groups in total. The fourth-order valence-electron chi connectivity index (χ4n) is 2.78. The van der Waals surface area contributed by atoms with E-state index in [2.05, 4.69) is 11.1 Å². The third kappa shape index (κ3) is 2.13. The summed E-state index contributed by atoms with van der Waals surface area (Å²) in [5.74, 6) is 0. The molecule has 2 aliphatic rings. The van der Waals surface area contributed by atoms with Crippen LogP contribution in [0, 0.1) is 0 Å². The van der Waals surface area contributed by atoms with Gasteiger partial charge in [-0.15, -0.1) is 0 Å². The number of nitrogens with zero attached hydrogens (tertiary/aromatic N) is 1. The molecule has 3 rings (SSSR count). The van der Waals surface area contributed by atoms with Gasteiger partial charge in [-0.25, -0.2) is 0 Å². The first-order valence-electron chi connectivity index (χ1n) is 6.25. The molecule has 1 fully saturated rings. The molecule has 18 heavy (non-hydrogen) atoms. The van der Waals surface area contributed by atoms with Crippen LogP contribution in [0.3, 0.4) is 0 Å². The van der Waals surface area contributed by atoms with Gasteiger partial charge in [0.05, 0.1) is 0 Å². The number of aliphatic hydroxyl groups excluding tert-OH is 1. The summed E-state index contributed by atoms with van der Waals surface area (Å²) < 4.78 is 0. The summed E-state index contributed by atoms with van der Waals surface area (Å²) in [5, 5.41) is 11.6. The van der Waals surface area contributed by atoms with E-state index in [1.54, 1.807) is 6.07 Å². The predicted octanol–water partition coefficient (Wildman–Crippen LogP) is 3.56. The number of hydrogen-bond donors (Lipinski definition) is 1. The summed E-state index contributed by atoms with van der Waals surface area (Å²) in [6.45, 7) is 2.17. The van der Waals surface area contributed by atoms with E-state index in [4.69, 9.17) is 23.2 Å². The second-order valence-corrected chi connectivity index (χ2v) is 5.83. The monoisotopic (exact) mass is 283 g/mol. The van der Waals surface area contributed by atoms with Crippen molar-refractivity contribution in [3.8, 4) is 0 Å². The van der Waals surface area contributed by atoms with Crippen molar-refractivity contribution in [2.75, 3.05) is 13.1 Å². The first-order valence-corrected chi connectivity index (χ1v) is 7.01. The van der Waals surface area contributed by atoms with Gasteiger partial charge >= 0.3 is 0 Å². The molecule has 4 heteroatoms. The average molecular weight is 284 g/mol. The lowest BCUT2D eigenvalue weighted by Gasteiger charge is -2.14. The van der Waals surface area contributed by atoms with Crippen molar-refractivity contribution in [1.82, 2.24) is 4.90 Å². The topological polar surface area (TPSA) is 23.5 Å². The second-order valence-electron chi connectivity index (χ2n) is 4.98. The maximum Gasteiger partial charge on any atom is 0.102 e. The number of benzene rings is 1. The van der Waals surface area contributed by atoms with Crippen molar-refractivity contribution in [3.05, 3.63) is 45.1 Å². The highest BCUT2D eigenvalue weighted by Gasteiger charge is 2.28. The van der Waals surface area contributed by atoms with E-state index in [-0.39, 0.29) is 0 Å². The summed E-state index contributed by atoms with van der Waals surface area (Å²) in [4.78, 5) is 2.28. The third-order valence-corrected chi connectivity index (χ3v) is 4.27. The fourth-order valence-corrected chi connectivity index (χ4v) is 3.35. The van der Waals surface area contributed by atoms with Crippen LogP contribution >= 0.6 is 23.2 Å². The molecule has 0 aromatic heterocycles. The van der Waals surface area contributed by atoms with Crippen molar-refractivity contribution in [3.63, 3.8) is 0 Å². The largest absolute Gasteiger partial charge is 0.384 e. The molecular formula is C14H15Cl2NO. The Labute approximate surface area is 117 Å². The molecule has 1 aromatic carbocycles. The summed E-state index contributed by atoms with van der Waals surface area (Å²) in [7, 11) is 0. The summed E-state index contributed by atoms with van der Waals surface area (Å²) in [5.41, 5.74) is 2.90. The molecule has 1 saturated heterocycles. The Hall–Kier alpha value is -0.700. The van der Waals surface area contributed by atoms with Crippen LogP contribution in [0.5, 0.6) is 0 Å². The lowest BCUT2D eigenvalue weighted by molar-refractivity contribution is 0.218. The van der Waals surface area contributed by atoms with Crippen molar-refractivity contribution >= 4 is 23.2 Å². The number of aliphatic hydroxyl groups is 1. The molecule has 1 heterocycles. The maximum atomic E-state index is 10.3. The lowest BCUT2D eigenvalue weighted by Crippen LogP contribution is -2.13. The number of likely N-dealkylation sites (tertiary alicyclic amines) is 1. The van der Waals surface area contributed by atoms with Crippen LogP contribution in [0.1, 0.15) is 30.1 Å². The Balaban J connectivity index is 1.93. The van der Waals surface area contributed by atoms with Gasteiger partial charge in [-0.3, -0.25) is 0 Å². The molecule has 1 aromatic rings. The van der Waals surface area contributed by atoms with E-state index in [9.17, 15) is 5.11 Å². The molecule has 0 radical (unpaired) electrons. The molecule has 1 aliphatic carbocycles. The summed E-state index contributed by atoms with van der Waals surface area (Å²) in [6, 6.07) is 3.56. The van der Waals surface area contributed by atoms with Crippen LogP contribution in [0.15, 0.2) is 23.9 Å². The minimum Gasteiger partial charge on any atom is -0.384 e. The molecule has 1 aliphatic heterocycles. The lowest BCUT2D eigenvalue weighted by atomic mass is 10.1. The third-order valence-electron chi connectivity index (χ3n) is 3.71. The first-order chi connectivity index (χ1) is 8.65. The van der Waals surface area contributed by atoms with E-state index in [1.807, 2.05) is 6.07 Å². The normalized spacial score (nSPS) is 24.9. The Morgan fingerprint density at radius 2 is 1.94 bits per heavy atom. The first kappa shape index (κ1) is 12.3. The highest BCUT2D eigenvalue weighted by molar-refractivity contribution is 6.35. The van der Waals surface area contributed by atoms with Crippen molar-refractivity contribution < 1.29 is 5.11 Å². The number of rotatable bonds is 1. The summed E-state index contributed by atoms with van der Waals surface area (Å²) >= 11 is 12.2. The van der Waals surface area contributed by atoms with Gasteiger partial charge in [0.2, 0.25) is 0 Å². The molecule has 0 saturated carbocycles. The van der Waals surface area contributed by atoms with E-state index < -0.39 is 6.10 Å². The van der Waals surface area contributed by atoms with Crippen molar-refractivity contribution in [2.24, 2.45) is 0 Å². The predicted molar refractivity (Wildman–Crippen MR) is 74.0 cm³/mol. The van der Waals surface area contributed by atoms with Gasteiger partial charge in [0, 0.05) is 29.3 Å². The van der Waals surface area contributed by atoms with E-state index >= 15 is 0 Å². The van der Waals surface area contributed by atoms with E-state index in [0.29, 0.717) is 10.0 Å². The summed E-state index contributed by atoms with van der Waals surface area (Å²) in [6.07, 6.45) is 4.74. The van der Waals surface area contributed by atoms with Gasteiger partial charge in [0.25, 0.3) is 0 Å². The van der Waals surface area contributed by atoms with Crippen LogP contribution in [0.25, 0.3) is 0 Å². The molecular weight excluding hydrogens is 269 g/mol. The van der Waals surface area contributed by atoms with E-state index in [1.165, 1.54) is 12.8 Å². The fraction of sp³-hybridized carbons (Fsp3) is 0.429. The Morgan fingerprint density at radius 1 is 1.22 bits per heavy atom.